The summed E-state index contributed by atoms with van der Waals surface area (Å²) in [6, 6.07) is 13.6. The van der Waals surface area contributed by atoms with Crippen LogP contribution in [0.5, 0.6) is 0 Å². The van der Waals surface area contributed by atoms with Crippen molar-refractivity contribution in [3.8, 4) is 12.1 Å². The van der Waals surface area contributed by atoms with Gasteiger partial charge in [-0.25, -0.2) is 0 Å². The molecule has 0 saturated carbocycles. The molecular weight excluding hydrogens is 228 g/mol. The zero-order valence-electron chi connectivity index (χ0n) is 10.5. The molecule has 0 bridgehead atoms. The molecule has 1 rings (SSSR count). The van der Waals surface area contributed by atoms with Crippen molar-refractivity contribution in [2.75, 3.05) is 14.2 Å². The highest BCUT2D eigenvalue weighted by atomic mass is 16.7. The molecular formula is C14H16N2O2. The van der Waals surface area contributed by atoms with Gasteiger partial charge in [0.15, 0.2) is 6.29 Å². The van der Waals surface area contributed by atoms with Gasteiger partial charge in [-0.3, -0.25) is 0 Å². The van der Waals surface area contributed by atoms with Gasteiger partial charge in [-0.2, -0.15) is 10.5 Å². The predicted molar refractivity (Wildman–Crippen MR) is 66.3 cm³/mol. The van der Waals surface area contributed by atoms with Crippen molar-refractivity contribution < 1.29 is 9.47 Å². The molecule has 0 aliphatic carbocycles. The van der Waals surface area contributed by atoms with E-state index in [-0.39, 0.29) is 5.92 Å². The molecule has 4 heteroatoms. The summed E-state index contributed by atoms with van der Waals surface area (Å²) in [7, 11) is 3.09. The lowest BCUT2D eigenvalue weighted by Gasteiger charge is -2.22. The lowest BCUT2D eigenvalue weighted by atomic mass is 9.85. The third kappa shape index (κ3) is 3.56. The van der Waals surface area contributed by atoms with Crippen LogP contribution in [-0.4, -0.2) is 20.5 Å². The fourth-order valence-corrected chi connectivity index (χ4v) is 1.87. The monoisotopic (exact) mass is 244 g/mol. The number of hydrogen-bond acceptors (Lipinski definition) is 4. The summed E-state index contributed by atoms with van der Waals surface area (Å²) >= 11 is 0. The molecule has 94 valence electrons. The van der Waals surface area contributed by atoms with Crippen molar-refractivity contribution in [2.45, 2.75) is 18.6 Å². The third-order valence-corrected chi connectivity index (χ3v) is 2.88. The van der Waals surface area contributed by atoms with E-state index in [1.807, 2.05) is 42.5 Å². The molecule has 4 nitrogen and oxygen atoms in total. The molecule has 0 heterocycles. The first-order chi connectivity index (χ1) is 8.76. The van der Waals surface area contributed by atoms with Gasteiger partial charge in [0.2, 0.25) is 0 Å². The second-order valence-corrected chi connectivity index (χ2v) is 3.89. The number of nitriles is 2. The average molecular weight is 244 g/mol. The number of ether oxygens (including phenoxy) is 2. The van der Waals surface area contributed by atoms with E-state index in [2.05, 4.69) is 0 Å². The first-order valence-electron chi connectivity index (χ1n) is 5.66. The van der Waals surface area contributed by atoms with Gasteiger partial charge in [-0.15, -0.1) is 0 Å². The Morgan fingerprint density at radius 3 is 2.06 bits per heavy atom. The molecule has 0 N–H and O–H groups in total. The predicted octanol–water partition coefficient (Wildman–Crippen LogP) is 2.44. The smallest absolute Gasteiger partial charge is 0.157 e. The zero-order valence-corrected chi connectivity index (χ0v) is 10.5. The molecule has 0 aliphatic rings. The zero-order chi connectivity index (χ0) is 13.4. The minimum absolute atomic E-state index is 0.217. The Hall–Kier alpha value is -1.88. The van der Waals surface area contributed by atoms with Crippen molar-refractivity contribution in [1.82, 2.24) is 0 Å². The summed E-state index contributed by atoms with van der Waals surface area (Å²) in [6.07, 6.45) is 0.0578. The Morgan fingerprint density at radius 2 is 1.61 bits per heavy atom. The van der Waals surface area contributed by atoms with E-state index in [1.54, 1.807) is 14.2 Å². The molecule has 1 aromatic carbocycles. The van der Waals surface area contributed by atoms with E-state index in [4.69, 9.17) is 20.0 Å². The van der Waals surface area contributed by atoms with E-state index in [0.717, 1.165) is 5.56 Å². The number of benzene rings is 1. The van der Waals surface area contributed by atoms with Gasteiger partial charge >= 0.3 is 0 Å². The molecule has 0 aromatic heterocycles. The van der Waals surface area contributed by atoms with Crippen LogP contribution in [0.1, 0.15) is 17.9 Å². The first kappa shape index (κ1) is 14.2. The van der Waals surface area contributed by atoms with Crippen LogP contribution in [0.3, 0.4) is 0 Å². The molecule has 0 amide bonds. The summed E-state index contributed by atoms with van der Waals surface area (Å²) in [5.74, 6) is -0.925. The molecule has 0 aliphatic heterocycles. The summed E-state index contributed by atoms with van der Waals surface area (Å²) in [4.78, 5) is 0. The normalized spacial score (nSPS) is 12.1. The number of hydrogen-bond donors (Lipinski definition) is 0. The molecule has 1 aromatic rings. The van der Waals surface area contributed by atoms with Crippen LogP contribution in [0.4, 0.5) is 0 Å². The Bertz CT molecular complexity index is 415. The highest BCUT2D eigenvalue weighted by Gasteiger charge is 2.26. The maximum absolute atomic E-state index is 9.06. The van der Waals surface area contributed by atoms with E-state index in [9.17, 15) is 0 Å². The lowest BCUT2D eigenvalue weighted by molar-refractivity contribution is -0.110. The van der Waals surface area contributed by atoms with Crippen LogP contribution in [0.15, 0.2) is 30.3 Å². The number of rotatable bonds is 6. The largest absolute Gasteiger partial charge is 0.356 e. The Labute approximate surface area is 107 Å². The SMILES string of the molecule is COC(C[C@@H](c1ccccc1)C(C#N)C#N)OC. The van der Waals surface area contributed by atoms with Crippen molar-refractivity contribution in [3.05, 3.63) is 35.9 Å². The van der Waals surface area contributed by atoms with E-state index < -0.39 is 12.2 Å². The third-order valence-electron chi connectivity index (χ3n) is 2.88. The van der Waals surface area contributed by atoms with Gasteiger partial charge in [0, 0.05) is 26.6 Å². The van der Waals surface area contributed by atoms with E-state index in [1.165, 1.54) is 0 Å². The maximum atomic E-state index is 9.06. The molecule has 0 unspecified atom stereocenters. The fraction of sp³-hybridized carbons (Fsp3) is 0.429. The topological polar surface area (TPSA) is 66.0 Å². The van der Waals surface area contributed by atoms with Crippen LogP contribution in [0.25, 0.3) is 0 Å². The second-order valence-electron chi connectivity index (χ2n) is 3.89. The first-order valence-corrected chi connectivity index (χ1v) is 5.66. The van der Waals surface area contributed by atoms with Gasteiger partial charge in [0.1, 0.15) is 5.92 Å². The van der Waals surface area contributed by atoms with Crippen LogP contribution < -0.4 is 0 Å². The van der Waals surface area contributed by atoms with Crippen LogP contribution in [0.2, 0.25) is 0 Å². The number of nitrogens with zero attached hydrogens (tertiary/aromatic N) is 2. The average Bonchev–Trinajstić information content (AvgIpc) is 2.44. The standard InChI is InChI=1S/C14H16N2O2/c1-17-14(18-2)8-13(12(9-15)10-16)11-6-4-3-5-7-11/h3-7,12-14H,8H2,1-2H3/t13-/m0/s1. The van der Waals surface area contributed by atoms with Crippen molar-refractivity contribution in [3.63, 3.8) is 0 Å². The van der Waals surface area contributed by atoms with Gasteiger partial charge in [0.05, 0.1) is 12.1 Å². The molecule has 18 heavy (non-hydrogen) atoms. The lowest BCUT2D eigenvalue weighted by Crippen LogP contribution is -2.21. The highest BCUT2D eigenvalue weighted by molar-refractivity contribution is 5.25. The summed E-state index contributed by atoms with van der Waals surface area (Å²) < 4.78 is 10.3. The summed E-state index contributed by atoms with van der Waals surface area (Å²) in [5.41, 5.74) is 0.949. The summed E-state index contributed by atoms with van der Waals surface area (Å²) in [6.45, 7) is 0. The maximum Gasteiger partial charge on any atom is 0.157 e. The highest BCUT2D eigenvalue weighted by Crippen LogP contribution is 2.29. The molecule has 1 atom stereocenters. The molecule has 0 spiro atoms. The van der Waals surface area contributed by atoms with Gasteiger partial charge in [-0.05, 0) is 5.56 Å². The van der Waals surface area contributed by atoms with Gasteiger partial charge in [-0.1, -0.05) is 30.3 Å². The Balaban J connectivity index is 2.97. The minimum Gasteiger partial charge on any atom is -0.356 e. The fourth-order valence-electron chi connectivity index (χ4n) is 1.87. The second kappa shape index (κ2) is 7.45. The quantitative estimate of drug-likeness (QED) is 0.721. The van der Waals surface area contributed by atoms with Crippen LogP contribution >= 0.6 is 0 Å². The van der Waals surface area contributed by atoms with Gasteiger partial charge < -0.3 is 9.47 Å². The summed E-state index contributed by atoms with van der Waals surface area (Å²) in [5, 5.41) is 18.1. The van der Waals surface area contributed by atoms with Crippen molar-refractivity contribution in [2.24, 2.45) is 5.92 Å². The van der Waals surface area contributed by atoms with Crippen molar-refractivity contribution in [1.29, 1.82) is 10.5 Å². The number of methoxy groups -OCH3 is 2. The molecule has 0 saturated heterocycles. The Morgan fingerprint density at radius 1 is 1.06 bits per heavy atom. The minimum atomic E-state index is -0.708. The molecule has 0 fully saturated rings. The van der Waals surface area contributed by atoms with E-state index >= 15 is 0 Å². The molecule has 0 radical (unpaired) electrons. The van der Waals surface area contributed by atoms with Crippen molar-refractivity contribution >= 4 is 0 Å². The van der Waals surface area contributed by atoms with Crippen LogP contribution in [0, 0.1) is 28.6 Å². The van der Waals surface area contributed by atoms with Gasteiger partial charge in [0.25, 0.3) is 0 Å². The van der Waals surface area contributed by atoms with E-state index in [0.29, 0.717) is 6.42 Å². The van der Waals surface area contributed by atoms with Crippen LogP contribution in [-0.2, 0) is 9.47 Å². The Kier molecular flexibility index (Phi) is 5.87.